The molecule has 2 rings (SSSR count). The number of rotatable bonds is 8. The second-order valence-electron chi connectivity index (χ2n) is 5.11. The van der Waals surface area contributed by atoms with Crippen LogP contribution in [0.25, 0.3) is 0 Å². The van der Waals surface area contributed by atoms with Crippen LogP contribution in [0, 0.1) is 0 Å². The second-order valence-corrected chi connectivity index (χ2v) is 5.11. The van der Waals surface area contributed by atoms with E-state index in [1.165, 1.54) is 0 Å². The molecule has 2 aromatic rings. The zero-order chi connectivity index (χ0) is 14.9. The minimum absolute atomic E-state index is 0.683. The summed E-state index contributed by atoms with van der Waals surface area (Å²) in [4.78, 5) is 6.63. The third kappa shape index (κ3) is 5.44. The van der Waals surface area contributed by atoms with Crippen LogP contribution in [0.4, 0.5) is 5.69 Å². The zero-order valence-corrected chi connectivity index (χ0v) is 12.5. The Labute approximate surface area is 126 Å². The summed E-state index contributed by atoms with van der Waals surface area (Å²) in [6, 6.07) is 13.6. The fourth-order valence-corrected chi connectivity index (χ4v) is 2.09. The van der Waals surface area contributed by atoms with Crippen molar-refractivity contribution in [1.82, 2.24) is 9.88 Å². The van der Waals surface area contributed by atoms with E-state index in [1.54, 1.807) is 0 Å². The van der Waals surface area contributed by atoms with E-state index in [4.69, 9.17) is 10.5 Å². The summed E-state index contributed by atoms with van der Waals surface area (Å²) in [6.07, 6.45) is 3.80. The number of nitrogen functional groups attached to an aromatic ring is 1. The van der Waals surface area contributed by atoms with Crippen LogP contribution >= 0.6 is 0 Å². The van der Waals surface area contributed by atoms with Crippen LogP contribution < -0.4 is 10.5 Å². The largest absolute Gasteiger partial charge is 0.491 e. The highest BCUT2D eigenvalue weighted by Crippen LogP contribution is 2.19. The molecular formula is C17H23N3O. The summed E-state index contributed by atoms with van der Waals surface area (Å²) >= 11 is 0. The lowest BCUT2D eigenvalue weighted by molar-refractivity contribution is 0.264. The fourth-order valence-electron chi connectivity index (χ4n) is 2.09. The Kier molecular flexibility index (Phi) is 6.03. The number of nitrogens with zero attached hydrogens (tertiary/aromatic N) is 2. The van der Waals surface area contributed by atoms with Crippen molar-refractivity contribution < 1.29 is 4.74 Å². The van der Waals surface area contributed by atoms with Crippen molar-refractivity contribution in [2.75, 3.05) is 32.5 Å². The first kappa shape index (κ1) is 15.3. The van der Waals surface area contributed by atoms with Gasteiger partial charge in [-0.15, -0.1) is 0 Å². The Bertz CT molecular complexity index is 531. The van der Waals surface area contributed by atoms with Crippen LogP contribution in [-0.2, 0) is 6.42 Å². The molecule has 0 atom stereocenters. The highest BCUT2D eigenvalue weighted by Gasteiger charge is 2.02. The van der Waals surface area contributed by atoms with E-state index in [9.17, 15) is 0 Å². The molecule has 1 heterocycles. The van der Waals surface area contributed by atoms with Gasteiger partial charge in [-0.05, 0) is 37.7 Å². The lowest BCUT2D eigenvalue weighted by Gasteiger charge is -2.16. The van der Waals surface area contributed by atoms with E-state index in [0.29, 0.717) is 12.3 Å². The first-order valence-electron chi connectivity index (χ1n) is 7.31. The average Bonchev–Trinajstić information content (AvgIpc) is 2.52. The van der Waals surface area contributed by atoms with E-state index in [-0.39, 0.29) is 0 Å². The number of ether oxygens (including phenoxy) is 1. The number of nitrogens with two attached hydrogens (primary N) is 1. The Morgan fingerprint density at radius 2 is 1.90 bits per heavy atom. The van der Waals surface area contributed by atoms with Crippen molar-refractivity contribution in [1.29, 1.82) is 0 Å². The Hall–Kier alpha value is -2.07. The van der Waals surface area contributed by atoms with Crippen molar-refractivity contribution >= 4 is 5.69 Å². The number of para-hydroxylation sites is 2. The molecule has 2 N–H and O–H groups in total. The topological polar surface area (TPSA) is 51.4 Å². The molecule has 0 aliphatic heterocycles. The molecule has 1 aromatic carbocycles. The number of benzene rings is 1. The van der Waals surface area contributed by atoms with Crippen molar-refractivity contribution in [2.45, 2.75) is 12.8 Å². The number of aromatic nitrogens is 1. The monoisotopic (exact) mass is 285 g/mol. The third-order valence-corrected chi connectivity index (χ3v) is 3.34. The van der Waals surface area contributed by atoms with Gasteiger partial charge in [0.25, 0.3) is 0 Å². The predicted octanol–water partition coefficient (Wildman–Crippen LogP) is 2.61. The van der Waals surface area contributed by atoms with Gasteiger partial charge in [0.15, 0.2) is 0 Å². The van der Waals surface area contributed by atoms with Gasteiger partial charge in [-0.3, -0.25) is 4.98 Å². The molecule has 4 nitrogen and oxygen atoms in total. The molecule has 0 fully saturated rings. The van der Waals surface area contributed by atoms with Crippen molar-refractivity contribution in [3.05, 3.63) is 54.4 Å². The Balaban J connectivity index is 1.61. The fraction of sp³-hybridized carbons (Fsp3) is 0.353. The molecule has 0 saturated heterocycles. The zero-order valence-electron chi connectivity index (χ0n) is 12.5. The molecule has 21 heavy (non-hydrogen) atoms. The van der Waals surface area contributed by atoms with E-state index >= 15 is 0 Å². The van der Waals surface area contributed by atoms with E-state index in [1.807, 2.05) is 42.6 Å². The van der Waals surface area contributed by atoms with Crippen LogP contribution in [0.3, 0.4) is 0 Å². The molecule has 0 unspecified atom stereocenters. The Morgan fingerprint density at radius 3 is 2.67 bits per heavy atom. The maximum Gasteiger partial charge on any atom is 0.142 e. The molecule has 0 radical (unpaired) electrons. The van der Waals surface area contributed by atoms with E-state index in [2.05, 4.69) is 23.0 Å². The quantitative estimate of drug-likeness (QED) is 0.598. The Morgan fingerprint density at radius 1 is 1.10 bits per heavy atom. The SMILES string of the molecule is CN(CCCOc1ccccc1N)CCc1ccccn1. The molecule has 1 aromatic heterocycles. The summed E-state index contributed by atoms with van der Waals surface area (Å²) < 4.78 is 5.69. The summed E-state index contributed by atoms with van der Waals surface area (Å²) in [5.74, 6) is 0.772. The van der Waals surface area contributed by atoms with Gasteiger partial charge in [-0.2, -0.15) is 0 Å². The smallest absolute Gasteiger partial charge is 0.142 e. The minimum atomic E-state index is 0.683. The van der Waals surface area contributed by atoms with Crippen molar-refractivity contribution in [2.24, 2.45) is 0 Å². The third-order valence-electron chi connectivity index (χ3n) is 3.34. The molecule has 0 aliphatic rings. The summed E-state index contributed by atoms with van der Waals surface area (Å²) in [5, 5.41) is 0. The maximum absolute atomic E-state index is 5.83. The van der Waals surface area contributed by atoms with Gasteiger partial charge < -0.3 is 15.4 Å². The van der Waals surface area contributed by atoms with Gasteiger partial charge in [0.05, 0.1) is 12.3 Å². The average molecular weight is 285 g/mol. The first-order chi connectivity index (χ1) is 10.3. The lowest BCUT2D eigenvalue weighted by atomic mass is 10.2. The molecule has 112 valence electrons. The minimum Gasteiger partial charge on any atom is -0.491 e. The number of pyridine rings is 1. The van der Waals surface area contributed by atoms with E-state index in [0.717, 1.165) is 37.4 Å². The number of hydrogen-bond donors (Lipinski definition) is 1. The highest BCUT2D eigenvalue weighted by atomic mass is 16.5. The normalized spacial score (nSPS) is 10.8. The number of likely N-dealkylation sites (N-methyl/N-ethyl adjacent to an activating group) is 1. The highest BCUT2D eigenvalue weighted by molar-refractivity contribution is 5.51. The van der Waals surface area contributed by atoms with Crippen LogP contribution in [0.5, 0.6) is 5.75 Å². The summed E-state index contributed by atoms with van der Waals surface area (Å²) in [5.41, 5.74) is 7.66. The molecule has 0 bridgehead atoms. The van der Waals surface area contributed by atoms with Gasteiger partial charge in [0, 0.05) is 31.4 Å². The van der Waals surface area contributed by atoms with Gasteiger partial charge in [0.2, 0.25) is 0 Å². The molecule has 0 amide bonds. The lowest BCUT2D eigenvalue weighted by Crippen LogP contribution is -2.24. The molecule has 4 heteroatoms. The van der Waals surface area contributed by atoms with Gasteiger partial charge >= 0.3 is 0 Å². The molecule has 0 saturated carbocycles. The standard InChI is InChI=1S/C17H23N3O/c1-20(13-10-15-7-4-5-11-19-15)12-6-14-21-17-9-3-2-8-16(17)18/h2-5,7-9,11H,6,10,12-14,18H2,1H3. The maximum atomic E-state index is 5.83. The van der Waals surface area contributed by atoms with Crippen LogP contribution in [-0.4, -0.2) is 36.6 Å². The number of hydrogen-bond acceptors (Lipinski definition) is 4. The van der Waals surface area contributed by atoms with Gasteiger partial charge in [-0.1, -0.05) is 18.2 Å². The second kappa shape index (κ2) is 8.27. The van der Waals surface area contributed by atoms with Crippen LogP contribution in [0.1, 0.15) is 12.1 Å². The predicted molar refractivity (Wildman–Crippen MR) is 86.4 cm³/mol. The molecule has 0 spiro atoms. The first-order valence-corrected chi connectivity index (χ1v) is 7.31. The van der Waals surface area contributed by atoms with E-state index < -0.39 is 0 Å². The van der Waals surface area contributed by atoms with Crippen molar-refractivity contribution in [3.63, 3.8) is 0 Å². The summed E-state index contributed by atoms with van der Waals surface area (Å²) in [7, 11) is 2.12. The summed E-state index contributed by atoms with van der Waals surface area (Å²) in [6.45, 7) is 2.69. The van der Waals surface area contributed by atoms with Crippen molar-refractivity contribution in [3.8, 4) is 5.75 Å². The number of anilines is 1. The van der Waals surface area contributed by atoms with Gasteiger partial charge in [-0.25, -0.2) is 0 Å². The van der Waals surface area contributed by atoms with Gasteiger partial charge in [0.1, 0.15) is 5.75 Å². The molecular weight excluding hydrogens is 262 g/mol. The van der Waals surface area contributed by atoms with Crippen LogP contribution in [0.2, 0.25) is 0 Å². The van der Waals surface area contributed by atoms with Crippen LogP contribution in [0.15, 0.2) is 48.7 Å². The molecule has 0 aliphatic carbocycles.